The largest absolute Gasteiger partial charge is 0.439 e. The van der Waals surface area contributed by atoms with Crippen LogP contribution in [-0.4, -0.2) is 28.2 Å². The Bertz CT molecular complexity index is 770. The van der Waals surface area contributed by atoms with Gasteiger partial charge < -0.3 is 10.1 Å². The molecule has 1 aromatic heterocycles. The van der Waals surface area contributed by atoms with Crippen molar-refractivity contribution in [2.24, 2.45) is 7.05 Å². The zero-order valence-electron chi connectivity index (χ0n) is 14.9. The predicted molar refractivity (Wildman–Crippen MR) is 86.2 cm³/mol. The molecule has 1 heterocycles. The van der Waals surface area contributed by atoms with E-state index in [0.29, 0.717) is 18.7 Å². The topological polar surface area (TPSA) is 39.1 Å². The van der Waals surface area contributed by atoms with Crippen molar-refractivity contribution < 1.29 is 31.1 Å². The molecular weight excluding hydrogens is 376 g/mol. The van der Waals surface area contributed by atoms with Crippen LogP contribution < -0.4 is 10.1 Å². The Morgan fingerprint density at radius 1 is 1.07 bits per heavy atom. The molecule has 0 aliphatic rings. The average molecular weight is 395 g/mol. The van der Waals surface area contributed by atoms with Crippen LogP contribution >= 0.6 is 0 Å². The summed E-state index contributed by atoms with van der Waals surface area (Å²) < 4.78 is 81.2. The molecule has 1 unspecified atom stereocenters. The summed E-state index contributed by atoms with van der Waals surface area (Å²) in [5, 5.41) is 7.46. The molecule has 150 valence electrons. The Kier molecular flexibility index (Phi) is 6.08. The number of rotatable bonds is 7. The van der Waals surface area contributed by atoms with Crippen molar-refractivity contribution in [1.29, 1.82) is 0 Å². The minimum atomic E-state index is -5.71. The van der Waals surface area contributed by atoms with E-state index in [1.54, 1.807) is 4.68 Å². The number of nitrogens with one attached hydrogen (secondary N) is 1. The van der Waals surface area contributed by atoms with Crippen molar-refractivity contribution in [2.75, 3.05) is 0 Å². The Balaban J connectivity index is 1.93. The second-order valence-electron chi connectivity index (χ2n) is 6.09. The Hall–Kier alpha value is -2.23. The van der Waals surface area contributed by atoms with Gasteiger partial charge in [-0.1, -0.05) is 12.1 Å². The summed E-state index contributed by atoms with van der Waals surface area (Å²) in [6.07, 6.45) is -15.1. The second-order valence-corrected chi connectivity index (χ2v) is 6.09. The third kappa shape index (κ3) is 5.15. The highest BCUT2D eigenvalue weighted by Crippen LogP contribution is 2.36. The minimum absolute atomic E-state index is 0.388. The van der Waals surface area contributed by atoms with Crippen molar-refractivity contribution in [1.82, 2.24) is 15.1 Å². The van der Waals surface area contributed by atoms with Crippen LogP contribution in [0.15, 0.2) is 24.3 Å². The number of alkyl halides is 6. The molecule has 2 rings (SSSR count). The van der Waals surface area contributed by atoms with Crippen LogP contribution in [0.2, 0.25) is 0 Å². The van der Waals surface area contributed by atoms with Crippen LogP contribution in [0.5, 0.6) is 5.75 Å². The molecule has 0 saturated carbocycles. The Morgan fingerprint density at radius 2 is 1.67 bits per heavy atom. The van der Waals surface area contributed by atoms with Crippen LogP contribution in [0.4, 0.5) is 26.3 Å². The van der Waals surface area contributed by atoms with E-state index in [1.807, 2.05) is 20.9 Å². The molecule has 1 N–H and O–H groups in total. The van der Waals surface area contributed by atoms with Gasteiger partial charge in [-0.25, -0.2) is 4.39 Å². The molecule has 1 aromatic carbocycles. The summed E-state index contributed by atoms with van der Waals surface area (Å²) in [7, 11) is 1.83. The van der Waals surface area contributed by atoms with E-state index < -0.39 is 24.2 Å². The molecule has 0 bridgehead atoms. The van der Waals surface area contributed by atoms with Crippen LogP contribution in [-0.2, 0) is 20.1 Å². The van der Waals surface area contributed by atoms with Crippen molar-refractivity contribution in [3.63, 3.8) is 0 Å². The van der Waals surface area contributed by atoms with Gasteiger partial charge in [-0.05, 0) is 31.5 Å². The van der Waals surface area contributed by atoms with E-state index in [0.717, 1.165) is 29.1 Å². The first-order chi connectivity index (χ1) is 12.4. The van der Waals surface area contributed by atoms with Gasteiger partial charge in [-0.15, -0.1) is 0 Å². The van der Waals surface area contributed by atoms with Gasteiger partial charge in [-0.2, -0.15) is 27.1 Å². The molecule has 0 saturated heterocycles. The molecule has 0 aliphatic heterocycles. The van der Waals surface area contributed by atoms with Crippen molar-refractivity contribution in [2.45, 2.75) is 45.4 Å². The Morgan fingerprint density at radius 3 is 2.15 bits per heavy atom. The molecule has 10 heteroatoms. The summed E-state index contributed by atoms with van der Waals surface area (Å²) >= 11 is 0. The standard InChI is InChI=1S/C17H19F6N3O/c1-10-14(11(2)26(3)25-10)9-24-8-12-4-6-13(7-5-12)27-17(22,23)15(18)16(19,20)21/h4-7,15,24H,8-9H2,1-3H3. The number of hydrogen-bond acceptors (Lipinski definition) is 3. The zero-order valence-corrected chi connectivity index (χ0v) is 14.9. The molecule has 2 aromatic rings. The summed E-state index contributed by atoms with van der Waals surface area (Å²) in [5.74, 6) is -0.561. The van der Waals surface area contributed by atoms with E-state index in [2.05, 4.69) is 15.2 Å². The van der Waals surface area contributed by atoms with E-state index in [4.69, 9.17) is 0 Å². The zero-order chi connectivity index (χ0) is 20.4. The fourth-order valence-electron chi connectivity index (χ4n) is 2.48. The first-order valence-corrected chi connectivity index (χ1v) is 7.98. The van der Waals surface area contributed by atoms with Crippen molar-refractivity contribution in [3.05, 3.63) is 46.8 Å². The summed E-state index contributed by atoms with van der Waals surface area (Å²) in [6.45, 7) is 4.74. The van der Waals surface area contributed by atoms with E-state index in [-0.39, 0.29) is 0 Å². The lowest BCUT2D eigenvalue weighted by molar-refractivity contribution is -0.304. The van der Waals surface area contributed by atoms with Gasteiger partial charge in [0.25, 0.3) is 6.17 Å². The molecular formula is C17H19F6N3O. The molecule has 0 aliphatic carbocycles. The molecule has 1 atom stereocenters. The van der Waals surface area contributed by atoms with Gasteiger partial charge in [0.2, 0.25) is 0 Å². The molecule has 0 amide bonds. The smallest absolute Gasteiger partial charge is 0.430 e. The summed E-state index contributed by atoms with van der Waals surface area (Å²) in [6, 6.07) is 4.94. The number of ether oxygens (including phenoxy) is 1. The highest BCUT2D eigenvalue weighted by atomic mass is 19.4. The third-order valence-corrected chi connectivity index (χ3v) is 4.05. The quantitative estimate of drug-likeness (QED) is 0.715. The lowest BCUT2D eigenvalue weighted by Gasteiger charge is -2.23. The van der Waals surface area contributed by atoms with Crippen LogP contribution in [0, 0.1) is 13.8 Å². The number of aromatic nitrogens is 2. The SMILES string of the molecule is Cc1nn(C)c(C)c1CNCc1ccc(OC(F)(F)C(F)C(F)(F)F)cc1. The average Bonchev–Trinajstić information content (AvgIpc) is 2.80. The first kappa shape index (κ1) is 21.1. The maximum absolute atomic E-state index is 13.2. The molecule has 0 spiro atoms. The number of benzene rings is 1. The predicted octanol–water partition coefficient (Wildman–Crippen LogP) is 4.20. The van der Waals surface area contributed by atoms with Gasteiger partial charge in [0.15, 0.2) is 0 Å². The van der Waals surface area contributed by atoms with Gasteiger partial charge >= 0.3 is 12.3 Å². The number of aryl methyl sites for hydroxylation is 2. The van der Waals surface area contributed by atoms with Gasteiger partial charge in [-0.3, -0.25) is 4.68 Å². The maximum atomic E-state index is 13.2. The molecule has 27 heavy (non-hydrogen) atoms. The summed E-state index contributed by atoms with van der Waals surface area (Å²) in [5.41, 5.74) is 3.63. The number of nitrogens with zero attached hydrogens (tertiary/aromatic N) is 2. The maximum Gasteiger partial charge on any atom is 0.439 e. The minimum Gasteiger partial charge on any atom is -0.430 e. The fourth-order valence-corrected chi connectivity index (χ4v) is 2.48. The Labute approximate surface area is 152 Å². The highest BCUT2D eigenvalue weighted by molar-refractivity contribution is 5.28. The lowest BCUT2D eigenvalue weighted by atomic mass is 10.2. The normalized spacial score (nSPS) is 13.7. The van der Waals surface area contributed by atoms with Crippen LogP contribution in [0.25, 0.3) is 0 Å². The molecule has 4 nitrogen and oxygen atoms in total. The number of halogens is 6. The van der Waals surface area contributed by atoms with Crippen LogP contribution in [0.1, 0.15) is 22.5 Å². The molecule has 0 fully saturated rings. The second kappa shape index (κ2) is 7.79. The number of hydrogen-bond donors (Lipinski definition) is 1. The van der Waals surface area contributed by atoms with Gasteiger partial charge in [0.05, 0.1) is 5.69 Å². The van der Waals surface area contributed by atoms with E-state index >= 15 is 0 Å². The fraction of sp³-hybridized carbons (Fsp3) is 0.471. The van der Waals surface area contributed by atoms with Gasteiger partial charge in [0.1, 0.15) is 5.75 Å². The monoisotopic (exact) mass is 395 g/mol. The van der Waals surface area contributed by atoms with E-state index in [9.17, 15) is 26.3 Å². The molecule has 0 radical (unpaired) electrons. The first-order valence-electron chi connectivity index (χ1n) is 7.98. The van der Waals surface area contributed by atoms with E-state index in [1.165, 1.54) is 12.1 Å². The van der Waals surface area contributed by atoms with Gasteiger partial charge in [0, 0.05) is 31.4 Å². The van der Waals surface area contributed by atoms with Crippen molar-refractivity contribution in [3.8, 4) is 5.75 Å². The lowest BCUT2D eigenvalue weighted by Crippen LogP contribution is -2.45. The van der Waals surface area contributed by atoms with Crippen LogP contribution in [0.3, 0.4) is 0 Å². The highest BCUT2D eigenvalue weighted by Gasteiger charge is 2.59. The summed E-state index contributed by atoms with van der Waals surface area (Å²) in [4.78, 5) is 0. The van der Waals surface area contributed by atoms with Crippen molar-refractivity contribution >= 4 is 0 Å². The third-order valence-electron chi connectivity index (χ3n) is 4.05.